The van der Waals surface area contributed by atoms with E-state index in [0.717, 1.165) is 42.8 Å². The molecule has 0 aliphatic carbocycles. The van der Waals surface area contributed by atoms with Gasteiger partial charge in [0.25, 0.3) is 0 Å². The fraction of sp³-hybridized carbons (Fsp3) is 0.412. The average molecular weight is 316 g/mol. The van der Waals surface area contributed by atoms with Crippen LogP contribution in [0.5, 0.6) is 5.75 Å². The summed E-state index contributed by atoms with van der Waals surface area (Å²) < 4.78 is 5.46. The van der Waals surface area contributed by atoms with Crippen LogP contribution in [0.1, 0.15) is 36.6 Å². The molecule has 0 bridgehead atoms. The van der Waals surface area contributed by atoms with Crippen LogP contribution >= 0.6 is 11.3 Å². The van der Waals surface area contributed by atoms with Crippen LogP contribution in [-0.4, -0.2) is 29.4 Å². The molecule has 2 heterocycles. The van der Waals surface area contributed by atoms with E-state index in [9.17, 15) is 4.79 Å². The molecule has 1 aliphatic rings. The van der Waals surface area contributed by atoms with Crippen LogP contribution < -0.4 is 4.74 Å². The fourth-order valence-corrected chi connectivity index (χ4v) is 3.66. The number of ether oxygens (including phenoxy) is 1. The van der Waals surface area contributed by atoms with Gasteiger partial charge in [-0.25, -0.2) is 4.98 Å². The third kappa shape index (κ3) is 3.14. The maximum atomic E-state index is 12.6. The topological polar surface area (TPSA) is 42.4 Å². The minimum atomic E-state index is 0.138. The Morgan fingerprint density at radius 3 is 3.09 bits per heavy atom. The molecule has 2 aromatic rings. The number of methoxy groups -OCH3 is 1. The molecule has 1 aromatic carbocycles. The number of amides is 1. The number of thiazole rings is 1. The first kappa shape index (κ1) is 15.0. The standard InChI is InChI=1S/C17H20N2O2S/c1-21-16-7-3-2-5-14(16)15-6-4-10-19(15)17(20)9-8-13-11-22-12-18-13/h2-3,5,7,11-12,15H,4,6,8-10H2,1H3/t15-/m0/s1. The molecule has 1 aromatic heterocycles. The summed E-state index contributed by atoms with van der Waals surface area (Å²) in [5.74, 6) is 1.08. The van der Waals surface area contributed by atoms with Gasteiger partial charge in [0, 0.05) is 23.9 Å². The Bertz CT molecular complexity index is 627. The molecule has 4 nitrogen and oxygen atoms in total. The molecular weight excluding hydrogens is 296 g/mol. The quantitative estimate of drug-likeness (QED) is 0.848. The molecule has 5 heteroatoms. The van der Waals surface area contributed by atoms with Crippen molar-refractivity contribution in [3.8, 4) is 5.75 Å². The lowest BCUT2D eigenvalue weighted by Crippen LogP contribution is -2.30. The smallest absolute Gasteiger partial charge is 0.223 e. The summed E-state index contributed by atoms with van der Waals surface area (Å²) in [5, 5.41) is 2.01. The number of para-hydroxylation sites is 1. The van der Waals surface area contributed by atoms with Crippen LogP contribution in [0.2, 0.25) is 0 Å². The van der Waals surface area contributed by atoms with Gasteiger partial charge in [0.1, 0.15) is 5.75 Å². The molecule has 1 atom stereocenters. The van der Waals surface area contributed by atoms with Gasteiger partial charge < -0.3 is 9.64 Å². The molecule has 1 saturated heterocycles. The van der Waals surface area contributed by atoms with E-state index in [1.54, 1.807) is 18.4 Å². The molecule has 0 N–H and O–H groups in total. The zero-order valence-electron chi connectivity index (χ0n) is 12.7. The van der Waals surface area contributed by atoms with Crippen molar-refractivity contribution in [3.05, 3.63) is 46.4 Å². The number of aromatic nitrogens is 1. The zero-order chi connectivity index (χ0) is 15.4. The van der Waals surface area contributed by atoms with E-state index in [4.69, 9.17) is 4.74 Å². The Hall–Kier alpha value is -1.88. The lowest BCUT2D eigenvalue weighted by Gasteiger charge is -2.26. The molecule has 0 saturated carbocycles. The summed E-state index contributed by atoms with van der Waals surface area (Å²) in [4.78, 5) is 18.8. The summed E-state index contributed by atoms with van der Waals surface area (Å²) in [6.07, 6.45) is 3.29. The van der Waals surface area contributed by atoms with Gasteiger partial charge in [-0.1, -0.05) is 18.2 Å². The molecule has 3 rings (SSSR count). The van der Waals surface area contributed by atoms with E-state index in [2.05, 4.69) is 11.1 Å². The van der Waals surface area contributed by atoms with Gasteiger partial charge in [-0.05, 0) is 25.3 Å². The molecule has 0 unspecified atom stereocenters. The van der Waals surface area contributed by atoms with Gasteiger partial charge in [0.05, 0.1) is 24.4 Å². The van der Waals surface area contributed by atoms with Crippen LogP contribution in [0.15, 0.2) is 35.2 Å². The first-order chi connectivity index (χ1) is 10.8. The van der Waals surface area contributed by atoms with Crippen molar-refractivity contribution in [2.24, 2.45) is 0 Å². The third-order valence-corrected chi connectivity index (χ3v) is 4.78. The van der Waals surface area contributed by atoms with Crippen molar-refractivity contribution in [1.29, 1.82) is 0 Å². The first-order valence-electron chi connectivity index (χ1n) is 7.59. The molecule has 1 aliphatic heterocycles. The Morgan fingerprint density at radius 1 is 1.45 bits per heavy atom. The van der Waals surface area contributed by atoms with Crippen molar-refractivity contribution in [1.82, 2.24) is 9.88 Å². The Morgan fingerprint density at radius 2 is 2.32 bits per heavy atom. The van der Waals surface area contributed by atoms with Gasteiger partial charge in [-0.2, -0.15) is 0 Å². The predicted octanol–water partition coefficient (Wildman–Crippen LogP) is 3.45. The van der Waals surface area contributed by atoms with Gasteiger partial charge in [-0.15, -0.1) is 11.3 Å². The summed E-state index contributed by atoms with van der Waals surface area (Å²) in [6.45, 7) is 0.832. The number of carbonyl (C=O) groups is 1. The molecule has 1 amide bonds. The number of benzene rings is 1. The second kappa shape index (κ2) is 6.92. The van der Waals surface area contributed by atoms with Gasteiger partial charge in [-0.3, -0.25) is 4.79 Å². The van der Waals surface area contributed by atoms with Crippen LogP contribution in [0.3, 0.4) is 0 Å². The van der Waals surface area contributed by atoms with Crippen molar-refractivity contribution in [3.63, 3.8) is 0 Å². The normalized spacial score (nSPS) is 17.7. The number of hydrogen-bond donors (Lipinski definition) is 0. The van der Waals surface area contributed by atoms with Crippen molar-refractivity contribution < 1.29 is 9.53 Å². The van der Waals surface area contributed by atoms with E-state index in [0.29, 0.717) is 6.42 Å². The van der Waals surface area contributed by atoms with Gasteiger partial charge in [0.2, 0.25) is 5.91 Å². The third-order valence-electron chi connectivity index (χ3n) is 4.15. The maximum Gasteiger partial charge on any atom is 0.223 e. The van der Waals surface area contributed by atoms with E-state index >= 15 is 0 Å². The van der Waals surface area contributed by atoms with E-state index in [1.807, 2.05) is 34.0 Å². The number of hydrogen-bond acceptors (Lipinski definition) is 4. The number of carbonyl (C=O) groups excluding carboxylic acids is 1. The average Bonchev–Trinajstić information content (AvgIpc) is 3.23. The largest absolute Gasteiger partial charge is 0.496 e. The number of aryl methyl sites for hydroxylation is 1. The fourth-order valence-electron chi connectivity index (χ4n) is 3.07. The SMILES string of the molecule is COc1ccccc1[C@@H]1CCCN1C(=O)CCc1cscn1. The Kier molecular flexibility index (Phi) is 4.73. The number of likely N-dealkylation sites (tertiary alicyclic amines) is 1. The van der Waals surface area contributed by atoms with Gasteiger partial charge >= 0.3 is 0 Å². The summed E-state index contributed by atoms with van der Waals surface area (Å²) in [5.41, 5.74) is 3.93. The minimum Gasteiger partial charge on any atom is -0.496 e. The first-order valence-corrected chi connectivity index (χ1v) is 8.53. The minimum absolute atomic E-state index is 0.138. The van der Waals surface area contributed by atoms with Crippen molar-refractivity contribution >= 4 is 17.2 Å². The van der Waals surface area contributed by atoms with Crippen LogP contribution in [-0.2, 0) is 11.2 Å². The lowest BCUT2D eigenvalue weighted by atomic mass is 10.0. The summed E-state index contributed by atoms with van der Waals surface area (Å²) in [6, 6.07) is 8.14. The highest BCUT2D eigenvalue weighted by Crippen LogP contribution is 2.37. The number of nitrogens with zero attached hydrogens (tertiary/aromatic N) is 2. The lowest BCUT2D eigenvalue weighted by molar-refractivity contribution is -0.132. The van der Waals surface area contributed by atoms with Crippen molar-refractivity contribution in [2.45, 2.75) is 31.7 Å². The highest BCUT2D eigenvalue weighted by Gasteiger charge is 2.31. The molecule has 0 spiro atoms. The predicted molar refractivity (Wildman–Crippen MR) is 87.1 cm³/mol. The molecule has 0 radical (unpaired) electrons. The second-order valence-corrected chi connectivity index (χ2v) is 6.19. The van der Waals surface area contributed by atoms with Gasteiger partial charge in [0.15, 0.2) is 0 Å². The molecular formula is C17H20N2O2S. The van der Waals surface area contributed by atoms with E-state index in [1.165, 1.54) is 0 Å². The molecule has 116 valence electrons. The highest BCUT2D eigenvalue weighted by atomic mass is 32.1. The number of rotatable bonds is 5. The monoisotopic (exact) mass is 316 g/mol. The van der Waals surface area contributed by atoms with Crippen LogP contribution in [0.25, 0.3) is 0 Å². The maximum absolute atomic E-state index is 12.6. The second-order valence-electron chi connectivity index (χ2n) is 5.47. The van der Waals surface area contributed by atoms with Crippen molar-refractivity contribution in [2.75, 3.05) is 13.7 Å². The Balaban J connectivity index is 1.71. The zero-order valence-corrected chi connectivity index (χ0v) is 13.5. The van der Waals surface area contributed by atoms with E-state index < -0.39 is 0 Å². The summed E-state index contributed by atoms with van der Waals surface area (Å²) in [7, 11) is 1.68. The molecule has 1 fully saturated rings. The summed E-state index contributed by atoms with van der Waals surface area (Å²) >= 11 is 1.57. The Labute approximate surface area is 134 Å². The van der Waals surface area contributed by atoms with E-state index in [-0.39, 0.29) is 11.9 Å². The molecule has 22 heavy (non-hydrogen) atoms. The van der Waals surface area contributed by atoms with Crippen LogP contribution in [0, 0.1) is 0 Å². The van der Waals surface area contributed by atoms with Crippen LogP contribution in [0.4, 0.5) is 0 Å². The highest BCUT2D eigenvalue weighted by molar-refractivity contribution is 7.07.